The third kappa shape index (κ3) is 4.17. The van der Waals surface area contributed by atoms with Crippen molar-refractivity contribution in [2.75, 3.05) is 6.54 Å². The Morgan fingerprint density at radius 1 is 1.24 bits per heavy atom. The summed E-state index contributed by atoms with van der Waals surface area (Å²) >= 11 is 0. The van der Waals surface area contributed by atoms with Crippen LogP contribution in [0.3, 0.4) is 0 Å². The molecule has 0 bridgehead atoms. The molecule has 1 fully saturated rings. The molecule has 0 spiro atoms. The van der Waals surface area contributed by atoms with Gasteiger partial charge in [0, 0.05) is 13.0 Å². The van der Waals surface area contributed by atoms with E-state index in [1.54, 1.807) is 11.1 Å². The zero-order valence-corrected chi connectivity index (χ0v) is 11.7. The highest BCUT2D eigenvalue weighted by Crippen LogP contribution is 2.13. The molecule has 2 N–H and O–H groups in total. The standard InChI is InChI=1S/C9H8O4.C6H9NO/c1-5-6(8(10)11)3-2-4-7(5)9(12)13;1-2-7-5-3-4-6(7)8/h2-4H,1H3,(H,10,11)(H,12,13);2H,1,3-5H2. The lowest BCUT2D eigenvalue weighted by atomic mass is 10.0. The molecule has 0 saturated carbocycles. The van der Waals surface area contributed by atoms with E-state index in [4.69, 9.17) is 10.2 Å². The van der Waals surface area contributed by atoms with E-state index in [9.17, 15) is 14.4 Å². The van der Waals surface area contributed by atoms with E-state index in [1.165, 1.54) is 25.1 Å². The minimum absolute atomic E-state index is 0.0277. The quantitative estimate of drug-likeness (QED) is 0.889. The monoisotopic (exact) mass is 291 g/mol. The Bertz CT molecular complexity index is 547. The fraction of sp³-hybridized carbons (Fsp3) is 0.267. The van der Waals surface area contributed by atoms with E-state index in [0.717, 1.165) is 13.0 Å². The summed E-state index contributed by atoms with van der Waals surface area (Å²) in [6.07, 6.45) is 3.28. The minimum atomic E-state index is -1.11. The minimum Gasteiger partial charge on any atom is -0.478 e. The van der Waals surface area contributed by atoms with Gasteiger partial charge in [0.15, 0.2) is 0 Å². The average molecular weight is 291 g/mol. The number of amides is 1. The fourth-order valence-corrected chi connectivity index (χ4v) is 1.96. The van der Waals surface area contributed by atoms with Crippen LogP contribution in [0.15, 0.2) is 31.0 Å². The van der Waals surface area contributed by atoms with Crippen LogP contribution in [0.2, 0.25) is 0 Å². The lowest BCUT2D eigenvalue weighted by molar-refractivity contribution is -0.125. The summed E-state index contributed by atoms with van der Waals surface area (Å²) in [6, 6.07) is 4.17. The second kappa shape index (κ2) is 7.23. The summed E-state index contributed by atoms with van der Waals surface area (Å²) < 4.78 is 0. The number of rotatable bonds is 3. The van der Waals surface area contributed by atoms with Gasteiger partial charge >= 0.3 is 11.9 Å². The van der Waals surface area contributed by atoms with Gasteiger partial charge in [-0.05, 0) is 37.2 Å². The van der Waals surface area contributed by atoms with Crippen molar-refractivity contribution in [2.24, 2.45) is 0 Å². The summed E-state index contributed by atoms with van der Waals surface area (Å²) in [4.78, 5) is 33.5. The Morgan fingerprint density at radius 3 is 2.05 bits per heavy atom. The Morgan fingerprint density at radius 2 is 1.76 bits per heavy atom. The lowest BCUT2D eigenvalue weighted by Crippen LogP contribution is -2.16. The smallest absolute Gasteiger partial charge is 0.335 e. The number of aromatic carboxylic acids is 2. The second-order valence-electron chi connectivity index (χ2n) is 4.46. The van der Waals surface area contributed by atoms with Gasteiger partial charge in [-0.25, -0.2) is 9.59 Å². The summed E-state index contributed by atoms with van der Waals surface area (Å²) in [7, 11) is 0. The molecule has 0 unspecified atom stereocenters. The van der Waals surface area contributed by atoms with Crippen LogP contribution < -0.4 is 0 Å². The number of likely N-dealkylation sites (tertiary alicyclic amines) is 1. The molecule has 1 aromatic carbocycles. The second-order valence-corrected chi connectivity index (χ2v) is 4.46. The molecule has 1 aliphatic rings. The molecule has 1 heterocycles. The zero-order valence-electron chi connectivity index (χ0n) is 11.7. The van der Waals surface area contributed by atoms with Crippen LogP contribution in [0.1, 0.15) is 39.1 Å². The van der Waals surface area contributed by atoms with Crippen molar-refractivity contribution in [3.05, 3.63) is 47.7 Å². The Balaban J connectivity index is 0.000000235. The largest absolute Gasteiger partial charge is 0.478 e. The van der Waals surface area contributed by atoms with Gasteiger partial charge in [0.2, 0.25) is 5.91 Å². The molecule has 1 aliphatic heterocycles. The Hall–Kier alpha value is -2.63. The van der Waals surface area contributed by atoms with Crippen molar-refractivity contribution in [1.29, 1.82) is 0 Å². The van der Waals surface area contributed by atoms with Crippen molar-refractivity contribution >= 4 is 17.8 Å². The van der Waals surface area contributed by atoms with Crippen molar-refractivity contribution in [1.82, 2.24) is 4.90 Å². The maximum atomic E-state index is 10.7. The van der Waals surface area contributed by atoms with Crippen LogP contribution in [0.4, 0.5) is 0 Å². The summed E-state index contributed by atoms with van der Waals surface area (Å²) in [5, 5.41) is 17.4. The van der Waals surface area contributed by atoms with E-state index < -0.39 is 11.9 Å². The molecule has 1 saturated heterocycles. The van der Waals surface area contributed by atoms with E-state index in [-0.39, 0.29) is 22.6 Å². The fourth-order valence-electron chi connectivity index (χ4n) is 1.96. The molecule has 1 amide bonds. The normalized spacial score (nSPS) is 13.4. The molecule has 21 heavy (non-hydrogen) atoms. The highest BCUT2D eigenvalue weighted by Gasteiger charge is 2.16. The van der Waals surface area contributed by atoms with Crippen LogP contribution in [0, 0.1) is 6.92 Å². The molecule has 2 rings (SSSR count). The van der Waals surface area contributed by atoms with E-state index >= 15 is 0 Å². The number of carboxylic acids is 2. The molecule has 6 nitrogen and oxygen atoms in total. The first-order valence-corrected chi connectivity index (χ1v) is 6.36. The van der Waals surface area contributed by atoms with Crippen LogP contribution >= 0.6 is 0 Å². The lowest BCUT2D eigenvalue weighted by Gasteiger charge is -2.05. The molecular formula is C15H17NO5. The maximum Gasteiger partial charge on any atom is 0.335 e. The van der Waals surface area contributed by atoms with Crippen molar-refractivity contribution in [2.45, 2.75) is 19.8 Å². The molecular weight excluding hydrogens is 274 g/mol. The van der Waals surface area contributed by atoms with Crippen LogP contribution in [-0.2, 0) is 4.79 Å². The molecule has 6 heteroatoms. The predicted octanol–water partition coefficient (Wildman–Crippen LogP) is 2.14. The summed E-state index contributed by atoms with van der Waals surface area (Å²) in [5.74, 6) is -2.01. The maximum absolute atomic E-state index is 10.7. The van der Waals surface area contributed by atoms with Gasteiger partial charge in [0.1, 0.15) is 0 Å². The van der Waals surface area contributed by atoms with Gasteiger partial charge in [0.05, 0.1) is 11.1 Å². The first kappa shape index (κ1) is 16.4. The van der Waals surface area contributed by atoms with Crippen molar-refractivity contribution < 1.29 is 24.6 Å². The number of benzene rings is 1. The predicted molar refractivity (Wildman–Crippen MR) is 76.2 cm³/mol. The van der Waals surface area contributed by atoms with Crippen LogP contribution in [0.25, 0.3) is 0 Å². The van der Waals surface area contributed by atoms with E-state index in [2.05, 4.69) is 6.58 Å². The van der Waals surface area contributed by atoms with Crippen LogP contribution in [-0.4, -0.2) is 39.5 Å². The highest BCUT2D eigenvalue weighted by molar-refractivity contribution is 5.96. The molecule has 1 aromatic rings. The summed E-state index contributed by atoms with van der Waals surface area (Å²) in [5.41, 5.74) is 0.335. The van der Waals surface area contributed by atoms with Gasteiger partial charge in [-0.1, -0.05) is 12.6 Å². The molecule has 0 radical (unpaired) electrons. The van der Waals surface area contributed by atoms with E-state index in [1.807, 2.05) is 0 Å². The number of hydrogen-bond acceptors (Lipinski definition) is 3. The van der Waals surface area contributed by atoms with Crippen molar-refractivity contribution in [3.63, 3.8) is 0 Å². The first-order chi connectivity index (χ1) is 9.88. The van der Waals surface area contributed by atoms with E-state index in [0.29, 0.717) is 6.42 Å². The SMILES string of the molecule is C=CN1CCCC1=O.Cc1c(C(=O)O)cccc1C(=O)O. The molecule has 0 aromatic heterocycles. The average Bonchev–Trinajstić information content (AvgIpc) is 2.84. The van der Waals surface area contributed by atoms with Gasteiger partial charge in [-0.2, -0.15) is 0 Å². The van der Waals surface area contributed by atoms with Gasteiger partial charge < -0.3 is 15.1 Å². The highest BCUT2D eigenvalue weighted by atomic mass is 16.4. The number of carbonyl (C=O) groups is 3. The number of nitrogens with zero attached hydrogens (tertiary/aromatic N) is 1. The summed E-state index contributed by atoms with van der Waals surface area (Å²) in [6.45, 7) is 5.84. The Labute approximate surface area is 122 Å². The molecule has 0 aliphatic carbocycles. The van der Waals surface area contributed by atoms with Gasteiger partial charge in [0.25, 0.3) is 0 Å². The number of carbonyl (C=O) groups excluding carboxylic acids is 1. The Kier molecular flexibility index (Phi) is 5.66. The third-order valence-corrected chi connectivity index (χ3v) is 3.13. The molecule has 0 atom stereocenters. The molecule has 112 valence electrons. The van der Waals surface area contributed by atoms with Crippen molar-refractivity contribution in [3.8, 4) is 0 Å². The topological polar surface area (TPSA) is 94.9 Å². The van der Waals surface area contributed by atoms with Gasteiger partial charge in [-0.15, -0.1) is 0 Å². The van der Waals surface area contributed by atoms with Gasteiger partial charge in [-0.3, -0.25) is 4.79 Å². The van der Waals surface area contributed by atoms with Crippen LogP contribution in [0.5, 0.6) is 0 Å². The first-order valence-electron chi connectivity index (χ1n) is 6.36. The third-order valence-electron chi connectivity index (χ3n) is 3.13. The zero-order chi connectivity index (χ0) is 16.0. The number of carboxylic acid groups (broad SMARTS) is 2. The number of hydrogen-bond donors (Lipinski definition) is 2.